The number of benzene rings is 2. The van der Waals surface area contributed by atoms with Gasteiger partial charge in [0.2, 0.25) is 17.7 Å². The van der Waals surface area contributed by atoms with Crippen LogP contribution in [0.25, 0.3) is 0 Å². The average molecular weight is 806 g/mol. The average Bonchev–Trinajstić information content (AvgIpc) is 3.65. The molecular weight excluding hydrogens is 743 g/mol. The zero-order valence-electron chi connectivity index (χ0n) is 35.0. The van der Waals surface area contributed by atoms with Crippen LogP contribution in [-0.4, -0.2) is 88.7 Å². The molecule has 2 aromatic carbocycles. The molecule has 1 aliphatic heterocycles. The van der Waals surface area contributed by atoms with E-state index in [-0.39, 0.29) is 37.8 Å². The first kappa shape index (κ1) is 47.0. The van der Waals surface area contributed by atoms with Gasteiger partial charge in [0, 0.05) is 13.1 Å². The first-order valence-electron chi connectivity index (χ1n) is 20.2. The number of carbonyl (C=O) groups excluding carboxylic acids is 5. The Labute approximate surface area is 342 Å². The molecular formula is C44H63N5O9. The van der Waals surface area contributed by atoms with Gasteiger partial charge in [0.1, 0.15) is 30.3 Å². The maximum absolute atomic E-state index is 14.4. The van der Waals surface area contributed by atoms with Crippen LogP contribution in [-0.2, 0) is 41.7 Å². The molecule has 1 fully saturated rings. The normalized spacial score (nSPS) is 16.3. The number of carboxylic acids is 1. The molecule has 0 spiro atoms. The molecule has 1 saturated heterocycles. The van der Waals surface area contributed by atoms with E-state index in [1.165, 1.54) is 0 Å². The molecule has 0 saturated carbocycles. The summed E-state index contributed by atoms with van der Waals surface area (Å²) in [6.45, 7) is 13.5. The Balaban J connectivity index is 1.67. The first-order valence-corrected chi connectivity index (χ1v) is 20.2. The Kier molecular flexibility index (Phi) is 18.7. The zero-order chi connectivity index (χ0) is 42.8. The number of aliphatic carboxylic acids is 1. The summed E-state index contributed by atoms with van der Waals surface area (Å²) in [4.78, 5) is 80.2. The molecule has 5 atom stereocenters. The number of carboxylic acid groups (broad SMARTS) is 1. The van der Waals surface area contributed by atoms with Gasteiger partial charge in [0.05, 0.1) is 12.0 Å². The summed E-state index contributed by atoms with van der Waals surface area (Å²) in [5.41, 5.74) is 1.07. The van der Waals surface area contributed by atoms with Crippen molar-refractivity contribution in [2.45, 2.75) is 123 Å². The molecule has 0 bridgehead atoms. The maximum atomic E-state index is 14.4. The van der Waals surface area contributed by atoms with Crippen LogP contribution >= 0.6 is 0 Å². The van der Waals surface area contributed by atoms with Crippen molar-refractivity contribution in [3.63, 3.8) is 0 Å². The summed E-state index contributed by atoms with van der Waals surface area (Å²) in [6, 6.07) is 15.1. The Morgan fingerprint density at radius 1 is 0.862 bits per heavy atom. The largest absolute Gasteiger partial charge is 0.480 e. The highest BCUT2D eigenvalue weighted by molar-refractivity contribution is 5.94. The van der Waals surface area contributed by atoms with Crippen LogP contribution in [0, 0.1) is 17.8 Å². The van der Waals surface area contributed by atoms with Crippen LogP contribution in [0.3, 0.4) is 0 Å². The summed E-state index contributed by atoms with van der Waals surface area (Å²) < 4.78 is 10.7. The van der Waals surface area contributed by atoms with E-state index < -0.39 is 71.6 Å². The Bertz CT molecular complexity index is 1680. The summed E-state index contributed by atoms with van der Waals surface area (Å²) >= 11 is 0. The van der Waals surface area contributed by atoms with Crippen molar-refractivity contribution in [3.05, 3.63) is 83.9 Å². The molecule has 1 aliphatic rings. The number of rotatable bonds is 20. The van der Waals surface area contributed by atoms with E-state index in [9.17, 15) is 33.9 Å². The molecule has 318 valence electrons. The standard InChI is InChI=1S/C44H63N5O9/c1-29(2)26-34(46-43(56)58-44(5,6)7)23-22-33(27-31-16-10-8-11-17-31)40(52)49-25-15-21-36(49)38(50)48-37(30(3)4)39(51)47-35(41(53)54)20-14-24-45-42(55)57-28-32-18-12-9-13-19-32/h8-13,16-19,22-23,29-30,33-37H,14-15,20-21,24-28H2,1-7H3,(H,45,55)(H,46,56)(H,47,51)(H,48,50)(H,53,54)/b23-22+/t33?,34?,35?,36-,37?/m0/s1. The molecule has 4 unspecified atom stereocenters. The van der Waals surface area contributed by atoms with Gasteiger partial charge in [-0.1, -0.05) is 101 Å². The SMILES string of the molecule is CC(C)CC(/C=C/C(Cc1ccccc1)C(=O)N1CCC[C@H]1C(=O)NC(C(=O)NC(CCCNC(=O)OCc1ccccc1)C(=O)O)C(C)C)NC(=O)OC(C)(C)C. The molecule has 1 heterocycles. The number of hydrogen-bond acceptors (Lipinski definition) is 8. The number of nitrogens with zero attached hydrogens (tertiary/aromatic N) is 1. The van der Waals surface area contributed by atoms with Crippen LogP contribution in [0.1, 0.15) is 91.7 Å². The Morgan fingerprint density at radius 3 is 2.09 bits per heavy atom. The number of nitrogens with one attached hydrogen (secondary N) is 4. The Morgan fingerprint density at radius 2 is 1.50 bits per heavy atom. The fourth-order valence-corrected chi connectivity index (χ4v) is 6.62. The summed E-state index contributed by atoms with van der Waals surface area (Å²) in [5.74, 6) is -3.52. The van der Waals surface area contributed by atoms with E-state index in [2.05, 4.69) is 21.3 Å². The highest BCUT2D eigenvalue weighted by Crippen LogP contribution is 2.24. The molecule has 3 rings (SSSR count). The summed E-state index contributed by atoms with van der Waals surface area (Å²) in [6.07, 6.45) is 4.62. The predicted octanol–water partition coefficient (Wildman–Crippen LogP) is 5.75. The van der Waals surface area contributed by atoms with Crippen molar-refractivity contribution in [1.29, 1.82) is 0 Å². The van der Waals surface area contributed by atoms with E-state index in [0.717, 1.165) is 11.1 Å². The number of carbonyl (C=O) groups is 6. The second kappa shape index (κ2) is 23.1. The summed E-state index contributed by atoms with van der Waals surface area (Å²) in [7, 11) is 0. The third-order valence-electron chi connectivity index (χ3n) is 9.47. The van der Waals surface area contributed by atoms with E-state index in [0.29, 0.717) is 32.2 Å². The fourth-order valence-electron chi connectivity index (χ4n) is 6.62. The van der Waals surface area contributed by atoms with Crippen LogP contribution in [0.4, 0.5) is 9.59 Å². The minimum atomic E-state index is -1.27. The minimum absolute atomic E-state index is 0.0192. The fraction of sp³-hybridized carbons (Fsp3) is 0.545. The van der Waals surface area contributed by atoms with Crippen LogP contribution < -0.4 is 21.3 Å². The number of alkyl carbamates (subject to hydrolysis) is 2. The van der Waals surface area contributed by atoms with Crippen molar-refractivity contribution in [2.24, 2.45) is 17.8 Å². The van der Waals surface area contributed by atoms with Gasteiger partial charge < -0.3 is 40.7 Å². The monoisotopic (exact) mass is 805 g/mol. The molecule has 0 radical (unpaired) electrons. The van der Waals surface area contributed by atoms with E-state index in [1.54, 1.807) is 45.6 Å². The third kappa shape index (κ3) is 16.6. The highest BCUT2D eigenvalue weighted by atomic mass is 16.6. The van der Waals surface area contributed by atoms with Crippen molar-refractivity contribution >= 4 is 35.9 Å². The van der Waals surface area contributed by atoms with Gasteiger partial charge in [-0.25, -0.2) is 14.4 Å². The van der Waals surface area contributed by atoms with E-state index in [1.807, 2.05) is 80.6 Å². The molecule has 14 nitrogen and oxygen atoms in total. The van der Waals surface area contributed by atoms with Crippen molar-refractivity contribution in [1.82, 2.24) is 26.2 Å². The number of likely N-dealkylation sites (tertiary alicyclic amines) is 1. The zero-order valence-corrected chi connectivity index (χ0v) is 35.0. The second-order valence-electron chi connectivity index (χ2n) is 16.5. The first-order chi connectivity index (χ1) is 27.4. The van der Waals surface area contributed by atoms with Gasteiger partial charge in [0.25, 0.3) is 0 Å². The molecule has 2 aromatic rings. The molecule has 14 heteroatoms. The molecule has 5 amide bonds. The number of ether oxygens (including phenoxy) is 2. The van der Waals surface area contributed by atoms with Crippen LogP contribution in [0.5, 0.6) is 0 Å². The minimum Gasteiger partial charge on any atom is -0.480 e. The third-order valence-corrected chi connectivity index (χ3v) is 9.47. The summed E-state index contributed by atoms with van der Waals surface area (Å²) in [5, 5.41) is 20.7. The van der Waals surface area contributed by atoms with Gasteiger partial charge >= 0.3 is 18.2 Å². The Hall–Kier alpha value is -5.40. The lowest BCUT2D eigenvalue weighted by Gasteiger charge is -2.30. The number of hydrogen-bond donors (Lipinski definition) is 5. The molecule has 58 heavy (non-hydrogen) atoms. The van der Waals surface area contributed by atoms with Crippen LogP contribution in [0.15, 0.2) is 72.8 Å². The smallest absolute Gasteiger partial charge is 0.408 e. The quantitative estimate of drug-likeness (QED) is 0.0819. The molecule has 0 aromatic heterocycles. The molecule has 5 N–H and O–H groups in total. The lowest BCUT2D eigenvalue weighted by atomic mass is 9.94. The van der Waals surface area contributed by atoms with Gasteiger partial charge in [-0.15, -0.1) is 0 Å². The van der Waals surface area contributed by atoms with Crippen LogP contribution in [0.2, 0.25) is 0 Å². The lowest BCUT2D eigenvalue weighted by molar-refractivity contribution is -0.143. The molecule has 0 aliphatic carbocycles. The van der Waals surface area contributed by atoms with Gasteiger partial charge in [-0.3, -0.25) is 14.4 Å². The van der Waals surface area contributed by atoms with Crippen molar-refractivity contribution < 1.29 is 43.3 Å². The maximum Gasteiger partial charge on any atom is 0.408 e. The van der Waals surface area contributed by atoms with Crippen molar-refractivity contribution in [2.75, 3.05) is 13.1 Å². The van der Waals surface area contributed by atoms with E-state index >= 15 is 0 Å². The van der Waals surface area contributed by atoms with Gasteiger partial charge in [0.15, 0.2) is 0 Å². The van der Waals surface area contributed by atoms with E-state index in [4.69, 9.17) is 9.47 Å². The van der Waals surface area contributed by atoms with Gasteiger partial charge in [-0.05, 0) is 82.3 Å². The predicted molar refractivity (Wildman–Crippen MR) is 220 cm³/mol. The van der Waals surface area contributed by atoms with Crippen molar-refractivity contribution in [3.8, 4) is 0 Å². The second-order valence-corrected chi connectivity index (χ2v) is 16.5. The lowest BCUT2D eigenvalue weighted by Crippen LogP contribution is -2.57. The number of amides is 5. The van der Waals surface area contributed by atoms with Gasteiger partial charge in [-0.2, -0.15) is 0 Å². The topological polar surface area (TPSA) is 192 Å². The highest BCUT2D eigenvalue weighted by Gasteiger charge is 2.39.